The molecule has 1 aliphatic heterocycles. The number of morpholine rings is 1. The summed E-state index contributed by atoms with van der Waals surface area (Å²) in [5, 5.41) is 2.87. The summed E-state index contributed by atoms with van der Waals surface area (Å²) in [6.45, 7) is 3.19. The molecule has 0 aliphatic carbocycles. The molecule has 0 atom stereocenters. The molecule has 8 heteroatoms. The largest absolute Gasteiger partial charge is 0.383 e. The maximum atomic E-state index is 12.5. The van der Waals surface area contributed by atoms with E-state index >= 15 is 0 Å². The number of aromatic nitrogens is 2. The predicted octanol–water partition coefficient (Wildman–Crippen LogP) is 0.161. The Kier molecular flexibility index (Phi) is 5.30. The normalized spacial score (nSPS) is 14.3. The number of nitrogens with two attached hydrogens (primary N) is 1. The van der Waals surface area contributed by atoms with Crippen LogP contribution in [0.25, 0.3) is 0 Å². The lowest BCUT2D eigenvalue weighted by Crippen LogP contribution is -2.38. The summed E-state index contributed by atoms with van der Waals surface area (Å²) in [5.41, 5.74) is 6.78. The van der Waals surface area contributed by atoms with E-state index in [4.69, 9.17) is 10.5 Å². The topological polar surface area (TPSA) is 113 Å². The maximum Gasteiger partial charge on any atom is 0.253 e. The lowest BCUT2D eigenvalue weighted by atomic mass is 10.1. The number of nitrogens with zero attached hydrogens (tertiary/aromatic N) is 2. The van der Waals surface area contributed by atoms with Gasteiger partial charge in [0.15, 0.2) is 0 Å². The standard InChI is InChI=1S/C17H21N5O3/c18-14-11-16(23)21-15(20-14)5-6-19-17(24)12-3-1-2-4-13(12)22-7-9-25-10-8-22/h1-4,11H,5-10H2,(H,19,24)(H3,18,20,21,23). The van der Waals surface area contributed by atoms with Crippen molar-refractivity contribution < 1.29 is 9.53 Å². The summed E-state index contributed by atoms with van der Waals surface area (Å²) in [5.74, 6) is 0.461. The first-order chi connectivity index (χ1) is 12.1. The number of hydrogen-bond donors (Lipinski definition) is 3. The smallest absolute Gasteiger partial charge is 0.253 e. The second-order valence-corrected chi connectivity index (χ2v) is 5.74. The summed E-state index contributed by atoms with van der Waals surface area (Å²) in [4.78, 5) is 32.7. The average Bonchev–Trinajstić information content (AvgIpc) is 2.61. The van der Waals surface area contributed by atoms with Gasteiger partial charge >= 0.3 is 0 Å². The SMILES string of the molecule is Nc1cc(=O)[nH]c(CCNC(=O)c2ccccc2N2CCOCC2)n1. The van der Waals surface area contributed by atoms with Crippen LogP contribution in [-0.2, 0) is 11.2 Å². The number of aromatic amines is 1. The summed E-state index contributed by atoms with van der Waals surface area (Å²) < 4.78 is 5.37. The van der Waals surface area contributed by atoms with Gasteiger partial charge in [-0.15, -0.1) is 0 Å². The summed E-state index contributed by atoms with van der Waals surface area (Å²) in [6, 6.07) is 8.73. The zero-order chi connectivity index (χ0) is 17.6. The van der Waals surface area contributed by atoms with E-state index in [1.54, 1.807) is 6.07 Å². The van der Waals surface area contributed by atoms with E-state index < -0.39 is 0 Å². The van der Waals surface area contributed by atoms with Crippen molar-refractivity contribution in [3.8, 4) is 0 Å². The molecule has 2 heterocycles. The van der Waals surface area contributed by atoms with Crippen LogP contribution in [-0.4, -0.2) is 48.7 Å². The average molecular weight is 343 g/mol. The van der Waals surface area contributed by atoms with Gasteiger partial charge in [-0.25, -0.2) is 4.98 Å². The predicted molar refractivity (Wildman–Crippen MR) is 94.8 cm³/mol. The van der Waals surface area contributed by atoms with Gasteiger partial charge in [0.05, 0.1) is 18.8 Å². The molecule has 1 amide bonds. The van der Waals surface area contributed by atoms with Gasteiger partial charge in [0.2, 0.25) is 0 Å². The van der Waals surface area contributed by atoms with Crippen molar-refractivity contribution >= 4 is 17.4 Å². The number of amides is 1. The third kappa shape index (κ3) is 4.36. The molecule has 0 unspecified atom stereocenters. The maximum absolute atomic E-state index is 12.5. The van der Waals surface area contributed by atoms with Crippen molar-refractivity contribution in [3.63, 3.8) is 0 Å². The number of carbonyl (C=O) groups is 1. The minimum Gasteiger partial charge on any atom is -0.383 e. The first kappa shape index (κ1) is 17.0. The molecule has 1 fully saturated rings. The molecule has 0 radical (unpaired) electrons. The van der Waals surface area contributed by atoms with Gasteiger partial charge in [-0.1, -0.05) is 12.1 Å². The number of H-pyrrole nitrogens is 1. The van der Waals surface area contributed by atoms with E-state index in [9.17, 15) is 9.59 Å². The zero-order valence-electron chi connectivity index (χ0n) is 13.8. The van der Waals surface area contributed by atoms with Crippen LogP contribution in [0.5, 0.6) is 0 Å². The monoisotopic (exact) mass is 343 g/mol. The van der Waals surface area contributed by atoms with Crippen molar-refractivity contribution in [2.75, 3.05) is 43.5 Å². The number of rotatable bonds is 5. The molecule has 2 aromatic rings. The van der Waals surface area contributed by atoms with Gasteiger partial charge in [0.1, 0.15) is 11.6 Å². The lowest BCUT2D eigenvalue weighted by Gasteiger charge is -2.30. The lowest BCUT2D eigenvalue weighted by molar-refractivity contribution is 0.0952. The van der Waals surface area contributed by atoms with Gasteiger partial charge in [-0.3, -0.25) is 9.59 Å². The van der Waals surface area contributed by atoms with E-state index in [0.29, 0.717) is 37.6 Å². The van der Waals surface area contributed by atoms with Crippen molar-refractivity contribution in [2.45, 2.75) is 6.42 Å². The van der Waals surface area contributed by atoms with Crippen LogP contribution in [0.4, 0.5) is 11.5 Å². The fourth-order valence-electron chi connectivity index (χ4n) is 2.78. The molecular formula is C17H21N5O3. The molecule has 0 bridgehead atoms. The quantitative estimate of drug-likeness (QED) is 0.713. The minimum atomic E-state index is -0.300. The molecule has 8 nitrogen and oxygen atoms in total. The molecule has 132 valence electrons. The molecule has 1 aliphatic rings. The van der Waals surface area contributed by atoms with Crippen LogP contribution in [0.2, 0.25) is 0 Å². The molecule has 4 N–H and O–H groups in total. The van der Waals surface area contributed by atoms with Crippen LogP contribution in [0, 0.1) is 0 Å². The molecule has 25 heavy (non-hydrogen) atoms. The van der Waals surface area contributed by atoms with Crippen molar-refractivity contribution in [1.29, 1.82) is 0 Å². The second-order valence-electron chi connectivity index (χ2n) is 5.74. The molecule has 0 saturated carbocycles. The highest BCUT2D eigenvalue weighted by molar-refractivity contribution is 5.99. The number of nitrogens with one attached hydrogen (secondary N) is 2. The number of hydrogen-bond acceptors (Lipinski definition) is 6. The van der Waals surface area contributed by atoms with E-state index in [1.807, 2.05) is 18.2 Å². The Morgan fingerprint density at radius 2 is 2.08 bits per heavy atom. The van der Waals surface area contributed by atoms with Crippen molar-refractivity contribution in [1.82, 2.24) is 15.3 Å². The van der Waals surface area contributed by atoms with Crippen molar-refractivity contribution in [2.24, 2.45) is 0 Å². The van der Waals surface area contributed by atoms with Gasteiger partial charge in [0, 0.05) is 37.8 Å². The van der Waals surface area contributed by atoms with E-state index in [-0.39, 0.29) is 17.3 Å². The molecular weight excluding hydrogens is 322 g/mol. The van der Waals surface area contributed by atoms with Crippen LogP contribution in [0.15, 0.2) is 35.1 Å². The zero-order valence-corrected chi connectivity index (χ0v) is 13.8. The highest BCUT2D eigenvalue weighted by Gasteiger charge is 2.18. The van der Waals surface area contributed by atoms with Crippen molar-refractivity contribution in [3.05, 3.63) is 52.1 Å². The summed E-state index contributed by atoms with van der Waals surface area (Å²) in [7, 11) is 0. The highest BCUT2D eigenvalue weighted by Crippen LogP contribution is 2.21. The minimum absolute atomic E-state index is 0.159. The number of nitrogen functional groups attached to an aromatic ring is 1. The number of para-hydroxylation sites is 1. The summed E-state index contributed by atoms with van der Waals surface area (Å²) >= 11 is 0. The van der Waals surface area contributed by atoms with Crippen LogP contribution in [0.3, 0.4) is 0 Å². The number of carbonyl (C=O) groups excluding carboxylic acids is 1. The third-order valence-corrected chi connectivity index (χ3v) is 3.96. The van der Waals surface area contributed by atoms with Crippen LogP contribution in [0.1, 0.15) is 16.2 Å². The summed E-state index contributed by atoms with van der Waals surface area (Å²) in [6.07, 6.45) is 0.395. The first-order valence-electron chi connectivity index (χ1n) is 8.19. The van der Waals surface area contributed by atoms with Gasteiger partial charge in [-0.2, -0.15) is 0 Å². The molecule has 1 aromatic heterocycles. The number of ether oxygens (including phenoxy) is 1. The first-order valence-corrected chi connectivity index (χ1v) is 8.19. The Balaban J connectivity index is 1.64. The fourth-order valence-corrected chi connectivity index (χ4v) is 2.78. The Bertz CT molecular complexity index is 799. The Morgan fingerprint density at radius 3 is 2.84 bits per heavy atom. The Morgan fingerprint density at radius 1 is 1.32 bits per heavy atom. The molecule has 1 saturated heterocycles. The Labute approximate surface area is 145 Å². The number of benzene rings is 1. The van der Waals surface area contributed by atoms with E-state index in [2.05, 4.69) is 20.2 Å². The fraction of sp³-hybridized carbons (Fsp3) is 0.353. The molecule has 1 aromatic carbocycles. The second kappa shape index (κ2) is 7.80. The third-order valence-electron chi connectivity index (χ3n) is 3.96. The Hall–Kier alpha value is -2.87. The number of anilines is 2. The van der Waals surface area contributed by atoms with Crippen LogP contribution < -0.4 is 21.5 Å². The highest BCUT2D eigenvalue weighted by atomic mass is 16.5. The van der Waals surface area contributed by atoms with Crippen LogP contribution >= 0.6 is 0 Å². The molecule has 0 spiro atoms. The molecule has 3 rings (SSSR count). The van der Waals surface area contributed by atoms with E-state index in [0.717, 1.165) is 18.8 Å². The van der Waals surface area contributed by atoms with Gasteiger partial charge in [-0.05, 0) is 12.1 Å². The van der Waals surface area contributed by atoms with Gasteiger partial charge < -0.3 is 25.7 Å². The van der Waals surface area contributed by atoms with Gasteiger partial charge in [0.25, 0.3) is 11.5 Å². The van der Waals surface area contributed by atoms with E-state index in [1.165, 1.54) is 6.07 Å².